The zero-order chi connectivity index (χ0) is 24.9. The highest BCUT2D eigenvalue weighted by molar-refractivity contribution is 5.84. The highest BCUT2D eigenvalue weighted by Gasteiger charge is 2.36. The number of hydrogen-bond acceptors (Lipinski definition) is 4. The first kappa shape index (κ1) is 24.8. The van der Waals surface area contributed by atoms with E-state index in [2.05, 4.69) is 29.6 Å². The molecule has 2 amide bonds. The molecule has 2 N–H and O–H groups in total. The Hall–Kier alpha value is -3.35. The molecule has 1 aliphatic heterocycles. The number of piperidine rings is 1. The molecule has 2 aromatic rings. The number of rotatable bonds is 8. The fourth-order valence-corrected chi connectivity index (χ4v) is 5.46. The molecule has 1 fully saturated rings. The highest BCUT2D eigenvalue weighted by Crippen LogP contribution is 2.44. The van der Waals surface area contributed by atoms with E-state index in [0.29, 0.717) is 19.4 Å². The zero-order valence-electron chi connectivity index (χ0n) is 20.4. The summed E-state index contributed by atoms with van der Waals surface area (Å²) < 4.78 is 5.59. The number of likely N-dealkylation sites (tertiary alicyclic amines) is 1. The van der Waals surface area contributed by atoms with Gasteiger partial charge in [0.25, 0.3) is 0 Å². The van der Waals surface area contributed by atoms with Crippen LogP contribution in [0.25, 0.3) is 11.1 Å². The predicted molar refractivity (Wildman–Crippen MR) is 133 cm³/mol. The van der Waals surface area contributed by atoms with E-state index in [-0.39, 0.29) is 36.8 Å². The van der Waals surface area contributed by atoms with Crippen LogP contribution in [0.5, 0.6) is 0 Å². The number of fused-ring (bicyclic) bond motifs is 3. The molecule has 3 unspecified atom stereocenters. The van der Waals surface area contributed by atoms with Crippen molar-refractivity contribution in [2.24, 2.45) is 5.92 Å². The van der Waals surface area contributed by atoms with Gasteiger partial charge in [0.05, 0.1) is 0 Å². The lowest BCUT2D eigenvalue weighted by atomic mass is 9.90. The SMILES string of the molecule is CC(CCCC(=O)N1CCCC(C)C1C(=O)O)NC(=O)OCC1c2ccccc2-c2ccccc21. The largest absolute Gasteiger partial charge is 0.480 e. The molecule has 7 heteroatoms. The first-order chi connectivity index (χ1) is 16.9. The number of nitrogens with zero attached hydrogens (tertiary/aromatic N) is 1. The summed E-state index contributed by atoms with van der Waals surface area (Å²) in [6, 6.07) is 15.5. The summed E-state index contributed by atoms with van der Waals surface area (Å²) in [5.41, 5.74) is 4.70. The second-order valence-corrected chi connectivity index (χ2v) is 9.75. The van der Waals surface area contributed by atoms with Crippen molar-refractivity contribution in [2.75, 3.05) is 13.2 Å². The topological polar surface area (TPSA) is 95.9 Å². The number of carbonyl (C=O) groups excluding carboxylic acids is 2. The lowest BCUT2D eigenvalue weighted by Crippen LogP contribution is -2.51. The standard InChI is InChI=1S/C28H34N2O5/c1-18-9-8-16-30(26(18)27(32)33)25(31)15-7-10-19(2)29-28(34)35-17-24-22-13-5-3-11-20(22)21-12-4-6-14-23(21)24/h3-6,11-14,18-19,24,26H,7-10,15-17H2,1-2H3,(H,29,34)(H,32,33). The van der Waals surface area contributed by atoms with Gasteiger partial charge in [0.1, 0.15) is 12.6 Å². The molecule has 0 saturated carbocycles. The third kappa shape index (κ3) is 5.50. The van der Waals surface area contributed by atoms with Gasteiger partial charge in [0.15, 0.2) is 0 Å². The molecule has 2 aromatic carbocycles. The third-order valence-electron chi connectivity index (χ3n) is 7.24. The average Bonchev–Trinajstić information content (AvgIpc) is 3.16. The van der Waals surface area contributed by atoms with Crippen LogP contribution < -0.4 is 5.32 Å². The maximum Gasteiger partial charge on any atom is 0.407 e. The number of aliphatic carboxylic acids is 1. The highest BCUT2D eigenvalue weighted by atomic mass is 16.5. The molecule has 1 saturated heterocycles. The van der Waals surface area contributed by atoms with Crippen LogP contribution in [0, 0.1) is 5.92 Å². The van der Waals surface area contributed by atoms with Gasteiger partial charge in [-0.3, -0.25) is 4.79 Å². The molecule has 0 radical (unpaired) electrons. The van der Waals surface area contributed by atoms with Gasteiger partial charge in [0, 0.05) is 24.9 Å². The van der Waals surface area contributed by atoms with E-state index in [1.165, 1.54) is 27.2 Å². The van der Waals surface area contributed by atoms with E-state index in [1.807, 2.05) is 38.1 Å². The molecule has 35 heavy (non-hydrogen) atoms. The summed E-state index contributed by atoms with van der Waals surface area (Å²) in [5.74, 6) is -1.09. The van der Waals surface area contributed by atoms with Crippen molar-refractivity contribution in [3.63, 3.8) is 0 Å². The van der Waals surface area contributed by atoms with E-state index in [9.17, 15) is 19.5 Å². The smallest absolute Gasteiger partial charge is 0.407 e. The molecule has 0 spiro atoms. The van der Waals surface area contributed by atoms with Gasteiger partial charge in [-0.2, -0.15) is 0 Å². The Morgan fingerprint density at radius 2 is 1.71 bits per heavy atom. The van der Waals surface area contributed by atoms with Gasteiger partial charge < -0.3 is 20.1 Å². The Balaban J connectivity index is 1.23. The number of hydrogen-bond donors (Lipinski definition) is 2. The zero-order valence-corrected chi connectivity index (χ0v) is 20.4. The van der Waals surface area contributed by atoms with Crippen molar-refractivity contribution < 1.29 is 24.2 Å². The van der Waals surface area contributed by atoms with Crippen molar-refractivity contribution >= 4 is 18.0 Å². The molecule has 186 valence electrons. The number of benzene rings is 2. The minimum atomic E-state index is -0.934. The predicted octanol–water partition coefficient (Wildman–Crippen LogP) is 4.80. The van der Waals surface area contributed by atoms with Gasteiger partial charge >= 0.3 is 12.1 Å². The second kappa shape index (κ2) is 10.9. The minimum Gasteiger partial charge on any atom is -0.480 e. The fourth-order valence-electron chi connectivity index (χ4n) is 5.46. The van der Waals surface area contributed by atoms with Crippen LogP contribution in [0.3, 0.4) is 0 Å². The lowest BCUT2D eigenvalue weighted by molar-refractivity contribution is -0.154. The summed E-state index contributed by atoms with van der Waals surface area (Å²) in [7, 11) is 0. The van der Waals surface area contributed by atoms with Gasteiger partial charge in [0.2, 0.25) is 5.91 Å². The quantitative estimate of drug-likeness (QED) is 0.568. The summed E-state index contributed by atoms with van der Waals surface area (Å²) in [5, 5.41) is 12.4. The first-order valence-corrected chi connectivity index (χ1v) is 12.5. The van der Waals surface area contributed by atoms with E-state index < -0.39 is 18.1 Å². The molecule has 1 aliphatic carbocycles. The van der Waals surface area contributed by atoms with Crippen molar-refractivity contribution in [1.82, 2.24) is 10.2 Å². The van der Waals surface area contributed by atoms with Gasteiger partial charge in [-0.15, -0.1) is 0 Å². The van der Waals surface area contributed by atoms with Gasteiger partial charge in [-0.1, -0.05) is 55.5 Å². The Morgan fingerprint density at radius 1 is 1.09 bits per heavy atom. The number of carboxylic acid groups (broad SMARTS) is 1. The molecule has 0 bridgehead atoms. The number of ether oxygens (including phenoxy) is 1. The second-order valence-electron chi connectivity index (χ2n) is 9.75. The van der Waals surface area contributed by atoms with Crippen molar-refractivity contribution in [3.05, 3.63) is 59.7 Å². The Morgan fingerprint density at radius 3 is 2.34 bits per heavy atom. The number of carboxylic acids is 1. The minimum absolute atomic E-state index is 0.00944. The number of nitrogens with one attached hydrogen (secondary N) is 1. The van der Waals surface area contributed by atoms with Crippen molar-refractivity contribution in [2.45, 2.75) is 64.0 Å². The van der Waals surface area contributed by atoms with Crippen LogP contribution >= 0.6 is 0 Å². The Bertz CT molecular complexity index is 1040. The lowest BCUT2D eigenvalue weighted by Gasteiger charge is -2.37. The van der Waals surface area contributed by atoms with E-state index in [1.54, 1.807) is 0 Å². The first-order valence-electron chi connectivity index (χ1n) is 12.5. The average molecular weight is 479 g/mol. The molecule has 1 heterocycles. The summed E-state index contributed by atoms with van der Waals surface area (Å²) in [4.78, 5) is 38.3. The van der Waals surface area contributed by atoms with Gasteiger partial charge in [-0.25, -0.2) is 9.59 Å². The molecule has 3 atom stereocenters. The third-order valence-corrected chi connectivity index (χ3v) is 7.24. The number of amides is 2. The number of alkyl carbamates (subject to hydrolysis) is 1. The van der Waals surface area contributed by atoms with E-state index in [0.717, 1.165) is 12.8 Å². The molecule has 2 aliphatic rings. The molecule has 0 aromatic heterocycles. The Kier molecular flexibility index (Phi) is 7.73. The maximum atomic E-state index is 12.7. The normalized spacial score (nSPS) is 20.0. The van der Waals surface area contributed by atoms with Crippen LogP contribution in [0.2, 0.25) is 0 Å². The molecular formula is C28H34N2O5. The molecule has 4 rings (SSSR count). The fraction of sp³-hybridized carbons (Fsp3) is 0.464. The maximum absolute atomic E-state index is 12.7. The van der Waals surface area contributed by atoms with Crippen LogP contribution in [0.4, 0.5) is 4.79 Å². The summed E-state index contributed by atoms with van der Waals surface area (Å²) in [6.45, 7) is 4.52. The van der Waals surface area contributed by atoms with Crippen LogP contribution in [0.15, 0.2) is 48.5 Å². The monoisotopic (exact) mass is 478 g/mol. The van der Waals surface area contributed by atoms with Crippen molar-refractivity contribution in [1.29, 1.82) is 0 Å². The Labute approximate surface area is 206 Å². The van der Waals surface area contributed by atoms with E-state index >= 15 is 0 Å². The van der Waals surface area contributed by atoms with Crippen LogP contribution in [-0.2, 0) is 14.3 Å². The van der Waals surface area contributed by atoms with Crippen molar-refractivity contribution in [3.8, 4) is 11.1 Å². The summed E-state index contributed by atoms with van der Waals surface area (Å²) >= 11 is 0. The van der Waals surface area contributed by atoms with Crippen LogP contribution in [-0.4, -0.2) is 53.2 Å². The van der Waals surface area contributed by atoms with Gasteiger partial charge in [-0.05, 0) is 60.8 Å². The summed E-state index contributed by atoms with van der Waals surface area (Å²) in [6.07, 6.45) is 2.63. The number of carbonyl (C=O) groups is 3. The van der Waals surface area contributed by atoms with Crippen LogP contribution in [0.1, 0.15) is 63.0 Å². The van der Waals surface area contributed by atoms with E-state index in [4.69, 9.17) is 4.74 Å². The molecular weight excluding hydrogens is 444 g/mol. The molecule has 7 nitrogen and oxygen atoms in total.